The van der Waals surface area contributed by atoms with Crippen LogP contribution in [0.1, 0.15) is 41.1 Å². The van der Waals surface area contributed by atoms with Gasteiger partial charge in [-0.05, 0) is 26.3 Å². The molecular formula is C14H16N4O2S. The normalized spacial score (nSPS) is 9.57. The minimum absolute atomic E-state index is 0.153. The lowest BCUT2D eigenvalue weighted by molar-refractivity contribution is -0.115. The molecule has 21 heavy (non-hydrogen) atoms. The van der Waals surface area contributed by atoms with Crippen LogP contribution in [0, 0.1) is 29.6 Å². The number of anilines is 1. The number of amides is 2. The number of nitriles is 2. The Balaban J connectivity index is 3.18. The van der Waals surface area contributed by atoms with E-state index in [0.717, 1.165) is 11.3 Å². The Morgan fingerprint density at radius 2 is 1.90 bits per heavy atom. The molecule has 0 saturated heterocycles. The van der Waals surface area contributed by atoms with Crippen molar-refractivity contribution in [2.45, 2.75) is 27.2 Å². The van der Waals surface area contributed by atoms with Crippen molar-refractivity contribution in [3.05, 3.63) is 16.0 Å². The molecule has 0 saturated carbocycles. The van der Waals surface area contributed by atoms with Gasteiger partial charge in [-0.2, -0.15) is 10.5 Å². The SMILES string of the molecule is CCN(CC)C(=O)c1sc(NC(=O)CC#N)c(C#N)c1C. The van der Waals surface area contributed by atoms with Gasteiger partial charge in [0.15, 0.2) is 0 Å². The maximum absolute atomic E-state index is 12.4. The summed E-state index contributed by atoms with van der Waals surface area (Å²) in [6.45, 7) is 6.59. The molecule has 0 aliphatic heterocycles. The first-order chi connectivity index (χ1) is 9.99. The molecule has 1 N–H and O–H groups in total. The van der Waals surface area contributed by atoms with Crippen molar-refractivity contribution in [2.75, 3.05) is 18.4 Å². The summed E-state index contributed by atoms with van der Waals surface area (Å²) in [5.74, 6) is -0.642. The lowest BCUT2D eigenvalue weighted by atomic mass is 10.1. The third kappa shape index (κ3) is 3.59. The molecule has 0 spiro atoms. The van der Waals surface area contributed by atoms with Crippen molar-refractivity contribution >= 4 is 28.2 Å². The Morgan fingerprint density at radius 3 is 2.38 bits per heavy atom. The third-order valence-corrected chi connectivity index (χ3v) is 4.19. The van der Waals surface area contributed by atoms with Crippen molar-refractivity contribution < 1.29 is 9.59 Å². The zero-order valence-electron chi connectivity index (χ0n) is 12.2. The molecule has 1 rings (SSSR count). The van der Waals surface area contributed by atoms with Gasteiger partial charge in [0.1, 0.15) is 17.5 Å². The molecule has 1 heterocycles. The van der Waals surface area contributed by atoms with Gasteiger partial charge in [0, 0.05) is 13.1 Å². The van der Waals surface area contributed by atoms with Gasteiger partial charge in [0.2, 0.25) is 5.91 Å². The summed E-state index contributed by atoms with van der Waals surface area (Å²) in [7, 11) is 0. The lowest BCUT2D eigenvalue weighted by Gasteiger charge is -2.17. The molecule has 2 amide bonds. The minimum atomic E-state index is -0.489. The molecule has 0 bridgehead atoms. The van der Waals surface area contributed by atoms with Crippen LogP contribution in [0.4, 0.5) is 5.00 Å². The first kappa shape index (κ1) is 16.7. The van der Waals surface area contributed by atoms with Crippen molar-refractivity contribution in [3.63, 3.8) is 0 Å². The van der Waals surface area contributed by atoms with Crippen LogP contribution in [0.5, 0.6) is 0 Å². The van der Waals surface area contributed by atoms with Crippen LogP contribution < -0.4 is 5.32 Å². The van der Waals surface area contributed by atoms with Gasteiger partial charge in [0.25, 0.3) is 5.91 Å². The zero-order chi connectivity index (χ0) is 16.0. The fourth-order valence-electron chi connectivity index (χ4n) is 1.84. The standard InChI is InChI=1S/C14H16N4O2S/c1-4-18(5-2)14(20)12-9(3)10(8-16)13(21-12)17-11(19)6-7-15/h4-6H2,1-3H3,(H,17,19). The van der Waals surface area contributed by atoms with Crippen LogP contribution in [-0.2, 0) is 4.79 Å². The number of nitrogens with one attached hydrogen (secondary N) is 1. The van der Waals surface area contributed by atoms with Gasteiger partial charge in [-0.25, -0.2) is 0 Å². The minimum Gasteiger partial charge on any atom is -0.338 e. The topological polar surface area (TPSA) is 97.0 Å². The summed E-state index contributed by atoms with van der Waals surface area (Å²) >= 11 is 1.08. The van der Waals surface area contributed by atoms with Gasteiger partial charge in [-0.15, -0.1) is 11.3 Å². The highest BCUT2D eigenvalue weighted by atomic mass is 32.1. The Hall–Kier alpha value is -2.38. The summed E-state index contributed by atoms with van der Waals surface area (Å²) < 4.78 is 0. The van der Waals surface area contributed by atoms with Gasteiger partial charge in [-0.3, -0.25) is 9.59 Å². The average molecular weight is 304 g/mol. The van der Waals surface area contributed by atoms with E-state index >= 15 is 0 Å². The molecule has 1 aromatic rings. The molecule has 7 heteroatoms. The molecule has 0 aliphatic carbocycles. The first-order valence-electron chi connectivity index (χ1n) is 6.49. The van der Waals surface area contributed by atoms with E-state index in [1.54, 1.807) is 17.9 Å². The number of carbonyl (C=O) groups is 2. The zero-order valence-corrected chi connectivity index (χ0v) is 13.0. The van der Waals surface area contributed by atoms with E-state index in [2.05, 4.69) is 5.32 Å². The smallest absolute Gasteiger partial charge is 0.264 e. The fourth-order valence-corrected chi connectivity index (χ4v) is 2.98. The average Bonchev–Trinajstić information content (AvgIpc) is 2.76. The second kappa shape index (κ2) is 7.41. The van der Waals surface area contributed by atoms with Gasteiger partial charge >= 0.3 is 0 Å². The van der Waals surface area contributed by atoms with E-state index in [4.69, 9.17) is 5.26 Å². The largest absolute Gasteiger partial charge is 0.338 e. The fraction of sp³-hybridized carbons (Fsp3) is 0.429. The van der Waals surface area contributed by atoms with Crippen LogP contribution in [0.3, 0.4) is 0 Å². The molecule has 0 aromatic carbocycles. The van der Waals surface area contributed by atoms with Crippen molar-refractivity contribution in [3.8, 4) is 12.1 Å². The van der Waals surface area contributed by atoms with Gasteiger partial charge in [0.05, 0.1) is 16.5 Å². The van der Waals surface area contributed by atoms with Crippen LogP contribution in [0.15, 0.2) is 0 Å². The Kier molecular flexibility index (Phi) is 5.89. The molecule has 0 radical (unpaired) electrons. The van der Waals surface area contributed by atoms with Crippen LogP contribution in [0.25, 0.3) is 0 Å². The quantitative estimate of drug-likeness (QED) is 0.902. The summed E-state index contributed by atoms with van der Waals surface area (Å²) in [6.07, 6.45) is -0.291. The lowest BCUT2D eigenvalue weighted by Crippen LogP contribution is -2.30. The van der Waals surface area contributed by atoms with Crippen LogP contribution in [-0.4, -0.2) is 29.8 Å². The maximum atomic E-state index is 12.4. The second-order valence-electron chi connectivity index (χ2n) is 4.23. The highest BCUT2D eigenvalue weighted by Crippen LogP contribution is 2.33. The molecule has 0 aliphatic rings. The molecule has 1 aromatic heterocycles. The van der Waals surface area contributed by atoms with Crippen molar-refractivity contribution in [1.82, 2.24) is 4.90 Å². The molecule has 0 fully saturated rings. The number of nitrogens with zero attached hydrogens (tertiary/aromatic N) is 3. The van der Waals surface area contributed by atoms with E-state index in [0.29, 0.717) is 28.5 Å². The predicted molar refractivity (Wildman–Crippen MR) is 79.9 cm³/mol. The summed E-state index contributed by atoms with van der Waals surface area (Å²) in [5, 5.41) is 20.5. The number of rotatable bonds is 5. The van der Waals surface area contributed by atoms with E-state index in [1.807, 2.05) is 19.9 Å². The monoisotopic (exact) mass is 304 g/mol. The van der Waals surface area contributed by atoms with Crippen molar-refractivity contribution in [1.29, 1.82) is 10.5 Å². The van der Waals surface area contributed by atoms with E-state index in [-0.39, 0.29) is 17.9 Å². The number of hydrogen-bond donors (Lipinski definition) is 1. The Morgan fingerprint density at radius 1 is 1.29 bits per heavy atom. The molecule has 0 atom stereocenters. The highest BCUT2D eigenvalue weighted by Gasteiger charge is 2.23. The van der Waals surface area contributed by atoms with E-state index in [1.165, 1.54) is 0 Å². The first-order valence-corrected chi connectivity index (χ1v) is 7.31. The summed E-state index contributed by atoms with van der Waals surface area (Å²) in [4.78, 5) is 26.0. The van der Waals surface area contributed by atoms with Crippen LogP contribution in [0.2, 0.25) is 0 Å². The van der Waals surface area contributed by atoms with Gasteiger partial charge in [-0.1, -0.05) is 0 Å². The molecular weight excluding hydrogens is 288 g/mol. The number of carbonyl (C=O) groups excluding carboxylic acids is 2. The second-order valence-corrected chi connectivity index (χ2v) is 5.25. The Bertz CT molecular complexity index is 633. The highest BCUT2D eigenvalue weighted by molar-refractivity contribution is 7.18. The maximum Gasteiger partial charge on any atom is 0.264 e. The predicted octanol–water partition coefficient (Wildman–Crippen LogP) is 2.26. The Labute approximate surface area is 127 Å². The number of hydrogen-bond acceptors (Lipinski definition) is 5. The van der Waals surface area contributed by atoms with Crippen LogP contribution >= 0.6 is 11.3 Å². The van der Waals surface area contributed by atoms with Gasteiger partial charge < -0.3 is 10.2 Å². The third-order valence-electron chi connectivity index (χ3n) is 3.00. The molecule has 0 unspecified atom stereocenters. The summed E-state index contributed by atoms with van der Waals surface area (Å²) in [6, 6.07) is 3.74. The van der Waals surface area contributed by atoms with Crippen molar-refractivity contribution in [2.24, 2.45) is 0 Å². The summed E-state index contributed by atoms with van der Waals surface area (Å²) in [5.41, 5.74) is 0.841. The number of thiophene rings is 1. The molecule has 6 nitrogen and oxygen atoms in total. The molecule has 110 valence electrons. The van der Waals surface area contributed by atoms with E-state index in [9.17, 15) is 14.9 Å². The van der Waals surface area contributed by atoms with E-state index < -0.39 is 5.91 Å².